The Labute approximate surface area is 124 Å². The van der Waals surface area contributed by atoms with Crippen LogP contribution < -0.4 is 9.46 Å². The first-order valence-corrected chi connectivity index (χ1v) is 7.27. The lowest BCUT2D eigenvalue weighted by molar-refractivity contribution is -0.275. The van der Waals surface area contributed by atoms with Crippen LogP contribution in [-0.2, 0) is 14.9 Å². The van der Waals surface area contributed by atoms with Gasteiger partial charge in [-0.1, -0.05) is 0 Å². The molecule has 0 aliphatic heterocycles. The highest BCUT2D eigenvalue weighted by atomic mass is 32.2. The lowest BCUT2D eigenvalue weighted by Crippen LogP contribution is -2.34. The van der Waals surface area contributed by atoms with Gasteiger partial charge in [-0.3, -0.25) is 4.72 Å². The first kappa shape index (κ1) is 18.5. The number of benzene rings is 1. The Morgan fingerprint density at radius 3 is 2.45 bits per heavy atom. The second-order valence-corrected chi connectivity index (χ2v) is 5.89. The first-order chi connectivity index (χ1) is 10.0. The zero-order valence-electron chi connectivity index (χ0n) is 11.6. The summed E-state index contributed by atoms with van der Waals surface area (Å²) in [7, 11) is -1.32. The maximum Gasteiger partial charge on any atom is 0.573 e. The molecule has 0 atom stereocenters. The smallest absolute Gasteiger partial charge is 0.403 e. The summed E-state index contributed by atoms with van der Waals surface area (Å²) in [5.74, 6) is -2.40. The molecule has 0 radical (unpaired) electrons. The van der Waals surface area contributed by atoms with Crippen molar-refractivity contribution in [2.75, 3.05) is 32.0 Å². The molecular formula is C11H14F4N2O4S. The van der Waals surface area contributed by atoms with Gasteiger partial charge in [0.05, 0.1) is 12.3 Å². The maximum absolute atomic E-state index is 13.5. The van der Waals surface area contributed by atoms with Crippen molar-refractivity contribution < 1.29 is 35.5 Å². The predicted octanol–water partition coefficient (Wildman–Crippen LogP) is 1.96. The summed E-state index contributed by atoms with van der Waals surface area (Å²) in [4.78, 5) is 0. The van der Waals surface area contributed by atoms with Crippen molar-refractivity contribution >= 4 is 15.9 Å². The number of rotatable bonds is 7. The molecule has 0 bridgehead atoms. The molecule has 1 aromatic rings. The zero-order valence-corrected chi connectivity index (χ0v) is 12.5. The van der Waals surface area contributed by atoms with E-state index in [2.05, 4.69) is 4.74 Å². The van der Waals surface area contributed by atoms with Gasteiger partial charge in [-0.15, -0.1) is 13.2 Å². The van der Waals surface area contributed by atoms with E-state index in [0.29, 0.717) is 12.1 Å². The van der Waals surface area contributed by atoms with Crippen molar-refractivity contribution in [3.63, 3.8) is 0 Å². The molecule has 22 heavy (non-hydrogen) atoms. The quantitative estimate of drug-likeness (QED) is 0.767. The normalized spacial score (nSPS) is 12.5. The number of anilines is 1. The predicted molar refractivity (Wildman–Crippen MR) is 70.1 cm³/mol. The van der Waals surface area contributed by atoms with Crippen molar-refractivity contribution in [3.05, 3.63) is 24.0 Å². The van der Waals surface area contributed by atoms with Crippen molar-refractivity contribution in [1.29, 1.82) is 0 Å². The molecule has 1 aromatic carbocycles. The lowest BCUT2D eigenvalue weighted by Gasteiger charge is -2.18. The molecule has 0 saturated heterocycles. The van der Waals surface area contributed by atoms with Gasteiger partial charge in [0, 0.05) is 26.8 Å². The van der Waals surface area contributed by atoms with Crippen molar-refractivity contribution in [3.8, 4) is 5.75 Å². The van der Waals surface area contributed by atoms with Gasteiger partial charge in [-0.25, -0.2) is 4.39 Å². The molecule has 0 aliphatic rings. The van der Waals surface area contributed by atoms with Crippen molar-refractivity contribution in [2.24, 2.45) is 0 Å². The fourth-order valence-electron chi connectivity index (χ4n) is 1.34. The standard InChI is InChI=1S/C11H14F4N2O4S/c1-17(5-6-20-2)22(18,19)16-8-3-4-10(9(12)7-8)21-11(13,14)15/h3-4,7,16H,5-6H2,1-2H3. The number of likely N-dealkylation sites (N-methyl/N-ethyl adjacent to an activating group) is 1. The summed E-state index contributed by atoms with van der Waals surface area (Å²) >= 11 is 0. The van der Waals surface area contributed by atoms with Crippen molar-refractivity contribution in [2.45, 2.75) is 6.36 Å². The summed E-state index contributed by atoms with van der Waals surface area (Å²) in [6.45, 7) is 0.188. The number of ether oxygens (including phenoxy) is 2. The van der Waals surface area contributed by atoms with E-state index in [0.717, 1.165) is 10.4 Å². The number of alkyl halides is 3. The van der Waals surface area contributed by atoms with Gasteiger partial charge in [0.15, 0.2) is 11.6 Å². The molecular weight excluding hydrogens is 332 g/mol. The molecule has 1 N–H and O–H groups in total. The van der Waals surface area contributed by atoms with E-state index in [1.165, 1.54) is 14.2 Å². The highest BCUT2D eigenvalue weighted by Gasteiger charge is 2.32. The lowest BCUT2D eigenvalue weighted by atomic mass is 10.3. The highest BCUT2D eigenvalue weighted by molar-refractivity contribution is 7.90. The Morgan fingerprint density at radius 1 is 1.32 bits per heavy atom. The minimum absolute atomic E-state index is 0.0452. The third kappa shape index (κ3) is 5.66. The van der Waals surface area contributed by atoms with Gasteiger partial charge in [-0.2, -0.15) is 12.7 Å². The molecule has 0 fully saturated rings. The van der Waals surface area contributed by atoms with Crippen LogP contribution in [0.15, 0.2) is 18.2 Å². The molecule has 0 amide bonds. The van der Waals surface area contributed by atoms with Gasteiger partial charge < -0.3 is 9.47 Å². The van der Waals surface area contributed by atoms with Gasteiger partial charge in [-0.05, 0) is 12.1 Å². The number of nitrogens with one attached hydrogen (secondary N) is 1. The second kappa shape index (κ2) is 7.11. The fraction of sp³-hybridized carbons (Fsp3) is 0.455. The van der Waals surface area contributed by atoms with E-state index in [1.807, 2.05) is 4.72 Å². The average Bonchev–Trinajstić information content (AvgIpc) is 2.37. The van der Waals surface area contributed by atoms with E-state index in [9.17, 15) is 26.0 Å². The summed E-state index contributed by atoms with van der Waals surface area (Å²) in [6, 6.07) is 2.21. The molecule has 6 nitrogen and oxygen atoms in total. The Bertz CT molecular complexity index is 607. The first-order valence-electron chi connectivity index (χ1n) is 5.83. The molecule has 126 valence electrons. The van der Waals surface area contributed by atoms with Crippen LogP contribution in [0.2, 0.25) is 0 Å². The SMILES string of the molecule is COCCN(C)S(=O)(=O)Nc1ccc(OC(F)(F)F)c(F)c1. The Hall–Kier alpha value is -1.59. The minimum atomic E-state index is -5.04. The summed E-state index contributed by atoms with van der Waals surface area (Å²) in [6.07, 6.45) is -5.04. The van der Waals surface area contributed by atoms with E-state index in [-0.39, 0.29) is 18.8 Å². The third-order valence-electron chi connectivity index (χ3n) is 2.43. The fourth-order valence-corrected chi connectivity index (χ4v) is 2.23. The van der Waals surface area contributed by atoms with Crippen LogP contribution >= 0.6 is 0 Å². The van der Waals surface area contributed by atoms with E-state index >= 15 is 0 Å². The zero-order chi connectivity index (χ0) is 17.0. The molecule has 0 unspecified atom stereocenters. The van der Waals surface area contributed by atoms with Crippen LogP contribution in [0.3, 0.4) is 0 Å². The van der Waals surface area contributed by atoms with Crippen LogP contribution in [0, 0.1) is 5.82 Å². The molecule has 1 rings (SSSR count). The van der Waals surface area contributed by atoms with Crippen molar-refractivity contribution in [1.82, 2.24) is 4.31 Å². The van der Waals surface area contributed by atoms with Crippen LogP contribution in [0.1, 0.15) is 0 Å². The van der Waals surface area contributed by atoms with Crippen LogP contribution in [0.25, 0.3) is 0 Å². The van der Waals surface area contributed by atoms with Gasteiger partial charge in [0.25, 0.3) is 0 Å². The van der Waals surface area contributed by atoms with Crippen LogP contribution in [-0.4, -0.2) is 46.4 Å². The number of hydrogen-bond donors (Lipinski definition) is 1. The number of hydrogen-bond acceptors (Lipinski definition) is 4. The topological polar surface area (TPSA) is 67.9 Å². The molecule has 0 saturated carbocycles. The molecule has 0 heterocycles. The van der Waals surface area contributed by atoms with Gasteiger partial charge in [0.2, 0.25) is 0 Å². The molecule has 0 aromatic heterocycles. The average molecular weight is 346 g/mol. The molecule has 0 aliphatic carbocycles. The number of nitrogens with zero attached hydrogens (tertiary/aromatic N) is 1. The minimum Gasteiger partial charge on any atom is -0.403 e. The van der Waals surface area contributed by atoms with E-state index < -0.39 is 28.1 Å². The highest BCUT2D eigenvalue weighted by Crippen LogP contribution is 2.27. The molecule has 0 spiro atoms. The maximum atomic E-state index is 13.5. The van der Waals surface area contributed by atoms with Gasteiger partial charge in [0.1, 0.15) is 0 Å². The Balaban J connectivity index is 2.85. The Kier molecular flexibility index (Phi) is 5.97. The summed E-state index contributed by atoms with van der Waals surface area (Å²) in [5.41, 5.74) is -0.240. The van der Waals surface area contributed by atoms with E-state index in [1.54, 1.807) is 0 Å². The van der Waals surface area contributed by atoms with E-state index in [4.69, 9.17) is 4.74 Å². The summed E-state index contributed by atoms with van der Waals surface area (Å²) in [5, 5.41) is 0. The number of halogens is 4. The second-order valence-electron chi connectivity index (χ2n) is 4.11. The van der Waals surface area contributed by atoms with Gasteiger partial charge >= 0.3 is 16.6 Å². The monoisotopic (exact) mass is 346 g/mol. The summed E-state index contributed by atoms with van der Waals surface area (Å²) < 4.78 is 84.3. The van der Waals surface area contributed by atoms with Crippen LogP contribution in [0.4, 0.5) is 23.2 Å². The Morgan fingerprint density at radius 2 is 1.95 bits per heavy atom. The molecule has 11 heteroatoms. The van der Waals surface area contributed by atoms with Crippen LogP contribution in [0.5, 0.6) is 5.75 Å². The number of methoxy groups -OCH3 is 1. The largest absolute Gasteiger partial charge is 0.573 e. The third-order valence-corrected chi connectivity index (χ3v) is 3.92.